The minimum Gasteiger partial charge on any atom is -0.444 e. The first-order valence-corrected chi connectivity index (χ1v) is 9.04. The Hall–Kier alpha value is -2.32. The monoisotopic (exact) mass is 404 g/mol. The summed E-state index contributed by atoms with van der Waals surface area (Å²) in [6.45, 7) is 5.14. The van der Waals surface area contributed by atoms with E-state index in [-0.39, 0.29) is 5.69 Å². The average Bonchev–Trinajstić information content (AvgIpc) is 2.54. The fraction of sp³-hybridized carbons (Fsp3) is 0.579. The maximum atomic E-state index is 13.4. The molecule has 1 aromatic carbocycles. The predicted octanol–water partition coefficient (Wildman–Crippen LogP) is 4.87. The molecule has 1 aliphatic carbocycles. The quantitative estimate of drug-likeness (QED) is 0.707. The zero-order valence-electron chi connectivity index (χ0n) is 16.0. The summed E-state index contributed by atoms with van der Waals surface area (Å²) in [5.74, 6) is -2.56. The van der Waals surface area contributed by atoms with Gasteiger partial charge < -0.3 is 15.4 Å². The van der Waals surface area contributed by atoms with E-state index in [0.717, 1.165) is 18.9 Å². The second-order valence-electron chi connectivity index (χ2n) is 7.83. The van der Waals surface area contributed by atoms with Gasteiger partial charge in [-0.05, 0) is 51.8 Å². The highest BCUT2D eigenvalue weighted by Crippen LogP contribution is 2.33. The molecule has 5 nitrogen and oxygen atoms in total. The molecule has 0 bridgehead atoms. The first-order chi connectivity index (χ1) is 12.9. The molecular weight excluding hydrogens is 380 g/mol. The van der Waals surface area contributed by atoms with Crippen LogP contribution in [0.5, 0.6) is 0 Å². The predicted molar refractivity (Wildman–Crippen MR) is 95.1 cm³/mol. The van der Waals surface area contributed by atoms with E-state index in [1.807, 2.05) is 0 Å². The minimum atomic E-state index is -4.86. The van der Waals surface area contributed by atoms with Gasteiger partial charge in [-0.2, -0.15) is 13.2 Å². The number of alkyl carbamates (subject to hydrolysis) is 1. The van der Waals surface area contributed by atoms with Crippen LogP contribution in [0.4, 0.5) is 28.0 Å². The molecule has 1 fully saturated rings. The average molecular weight is 404 g/mol. The number of benzene rings is 1. The van der Waals surface area contributed by atoms with Crippen LogP contribution in [0.15, 0.2) is 18.2 Å². The van der Waals surface area contributed by atoms with Gasteiger partial charge in [0, 0.05) is 11.7 Å². The number of hydrogen-bond donors (Lipinski definition) is 2. The van der Waals surface area contributed by atoms with Gasteiger partial charge in [0.05, 0.1) is 11.5 Å². The SMILES string of the molecule is CC(C)(C)OC(=O)NC1CCCCC1C(=O)Nc1ccc(F)c(C(F)(F)F)c1. The van der Waals surface area contributed by atoms with Crippen LogP contribution < -0.4 is 10.6 Å². The third kappa shape index (κ3) is 6.10. The van der Waals surface area contributed by atoms with Gasteiger partial charge in [0.2, 0.25) is 5.91 Å². The second-order valence-corrected chi connectivity index (χ2v) is 7.83. The van der Waals surface area contributed by atoms with Crippen molar-refractivity contribution in [3.05, 3.63) is 29.6 Å². The first kappa shape index (κ1) is 22.0. The lowest BCUT2D eigenvalue weighted by atomic mass is 9.84. The van der Waals surface area contributed by atoms with E-state index in [9.17, 15) is 27.2 Å². The second kappa shape index (κ2) is 8.36. The van der Waals surface area contributed by atoms with Gasteiger partial charge in [-0.1, -0.05) is 12.8 Å². The fourth-order valence-electron chi connectivity index (χ4n) is 3.13. The van der Waals surface area contributed by atoms with Gasteiger partial charge in [-0.3, -0.25) is 4.79 Å². The first-order valence-electron chi connectivity index (χ1n) is 9.04. The van der Waals surface area contributed by atoms with Crippen molar-refractivity contribution in [3.8, 4) is 0 Å². The molecule has 9 heteroatoms. The molecule has 1 aliphatic rings. The highest BCUT2D eigenvalue weighted by Gasteiger charge is 2.36. The highest BCUT2D eigenvalue weighted by atomic mass is 19.4. The molecule has 2 atom stereocenters. The Bertz CT molecular complexity index is 729. The van der Waals surface area contributed by atoms with Crippen molar-refractivity contribution in [1.82, 2.24) is 5.32 Å². The van der Waals surface area contributed by atoms with Crippen LogP contribution in [0.25, 0.3) is 0 Å². The molecule has 0 saturated heterocycles. The summed E-state index contributed by atoms with van der Waals surface area (Å²) in [4.78, 5) is 24.6. The summed E-state index contributed by atoms with van der Waals surface area (Å²) in [6, 6.07) is 1.80. The number of ether oxygens (including phenoxy) is 1. The van der Waals surface area contributed by atoms with Crippen LogP contribution in [0.3, 0.4) is 0 Å². The van der Waals surface area contributed by atoms with Crippen LogP contribution >= 0.6 is 0 Å². The Kier molecular flexibility index (Phi) is 6.56. The lowest BCUT2D eigenvalue weighted by Gasteiger charge is -2.32. The maximum Gasteiger partial charge on any atom is 0.419 e. The van der Waals surface area contributed by atoms with Crippen LogP contribution in [-0.4, -0.2) is 23.6 Å². The van der Waals surface area contributed by atoms with Crippen molar-refractivity contribution in [2.75, 3.05) is 5.32 Å². The number of alkyl halides is 3. The summed E-state index contributed by atoms with van der Waals surface area (Å²) in [6.07, 6.45) is -2.94. The Labute approximate surface area is 160 Å². The maximum absolute atomic E-state index is 13.4. The number of hydrogen-bond acceptors (Lipinski definition) is 3. The van der Waals surface area contributed by atoms with Gasteiger partial charge in [-0.25, -0.2) is 9.18 Å². The van der Waals surface area contributed by atoms with Gasteiger partial charge in [0.15, 0.2) is 0 Å². The van der Waals surface area contributed by atoms with E-state index in [1.54, 1.807) is 20.8 Å². The Morgan fingerprint density at radius 1 is 1.11 bits per heavy atom. The van der Waals surface area contributed by atoms with Gasteiger partial charge in [0.25, 0.3) is 0 Å². The molecule has 0 heterocycles. The van der Waals surface area contributed by atoms with Crippen molar-refractivity contribution in [1.29, 1.82) is 0 Å². The molecule has 28 heavy (non-hydrogen) atoms. The van der Waals surface area contributed by atoms with Crippen molar-refractivity contribution in [3.63, 3.8) is 0 Å². The molecule has 156 valence electrons. The summed E-state index contributed by atoms with van der Waals surface area (Å²) < 4.78 is 57.2. The molecule has 1 saturated carbocycles. The van der Waals surface area contributed by atoms with E-state index in [1.165, 1.54) is 0 Å². The number of halogens is 4. The number of amides is 2. The lowest BCUT2D eigenvalue weighted by Crippen LogP contribution is -2.48. The zero-order chi connectivity index (χ0) is 21.1. The minimum absolute atomic E-state index is 0.152. The third-order valence-electron chi connectivity index (χ3n) is 4.34. The van der Waals surface area contributed by atoms with Crippen molar-refractivity contribution in [2.45, 2.75) is 64.3 Å². The molecule has 2 N–H and O–H groups in total. The van der Waals surface area contributed by atoms with E-state index in [2.05, 4.69) is 10.6 Å². The van der Waals surface area contributed by atoms with E-state index < -0.39 is 47.1 Å². The highest BCUT2D eigenvalue weighted by molar-refractivity contribution is 5.93. The molecule has 2 amide bonds. The number of anilines is 1. The van der Waals surface area contributed by atoms with E-state index in [0.29, 0.717) is 25.0 Å². The molecular formula is C19H24F4N2O3. The Morgan fingerprint density at radius 2 is 1.75 bits per heavy atom. The van der Waals surface area contributed by atoms with Gasteiger partial charge >= 0.3 is 12.3 Å². The van der Waals surface area contributed by atoms with Crippen molar-refractivity contribution < 1.29 is 31.9 Å². The van der Waals surface area contributed by atoms with Crippen LogP contribution in [0.1, 0.15) is 52.0 Å². The topological polar surface area (TPSA) is 67.4 Å². The molecule has 0 spiro atoms. The standard InChI is InChI=1S/C19H24F4N2O3/c1-18(2,3)28-17(27)25-15-7-5-4-6-12(15)16(26)24-11-8-9-14(20)13(10-11)19(21,22)23/h8-10,12,15H,4-7H2,1-3H3,(H,24,26)(H,25,27). The van der Waals surface area contributed by atoms with Gasteiger partial charge in [-0.15, -0.1) is 0 Å². The normalized spacial score (nSPS) is 20.4. The van der Waals surface area contributed by atoms with Crippen LogP contribution in [-0.2, 0) is 15.7 Å². The number of nitrogens with one attached hydrogen (secondary N) is 2. The number of rotatable bonds is 3. The molecule has 0 aliphatic heterocycles. The van der Waals surface area contributed by atoms with Gasteiger partial charge in [0.1, 0.15) is 11.4 Å². The molecule has 0 radical (unpaired) electrons. The van der Waals surface area contributed by atoms with Crippen molar-refractivity contribution >= 4 is 17.7 Å². The van der Waals surface area contributed by atoms with E-state index in [4.69, 9.17) is 4.74 Å². The third-order valence-corrected chi connectivity index (χ3v) is 4.34. The number of carbonyl (C=O) groups is 2. The lowest BCUT2D eigenvalue weighted by molar-refractivity contribution is -0.140. The van der Waals surface area contributed by atoms with Crippen LogP contribution in [0.2, 0.25) is 0 Å². The summed E-state index contributed by atoms with van der Waals surface area (Å²) in [7, 11) is 0. The summed E-state index contributed by atoms with van der Waals surface area (Å²) >= 11 is 0. The summed E-state index contributed by atoms with van der Waals surface area (Å²) in [5, 5.41) is 5.08. The Balaban J connectivity index is 2.10. The zero-order valence-corrected chi connectivity index (χ0v) is 16.0. The largest absolute Gasteiger partial charge is 0.444 e. The van der Waals surface area contributed by atoms with E-state index >= 15 is 0 Å². The Morgan fingerprint density at radius 3 is 2.36 bits per heavy atom. The molecule has 2 unspecified atom stereocenters. The van der Waals surface area contributed by atoms with Crippen LogP contribution in [0, 0.1) is 11.7 Å². The molecule has 2 rings (SSSR count). The molecule has 0 aromatic heterocycles. The number of carbonyl (C=O) groups excluding carboxylic acids is 2. The smallest absolute Gasteiger partial charge is 0.419 e. The van der Waals surface area contributed by atoms with Crippen molar-refractivity contribution in [2.24, 2.45) is 5.92 Å². The summed E-state index contributed by atoms with van der Waals surface area (Å²) in [5.41, 5.74) is -2.30. The molecule has 1 aromatic rings. The fourth-order valence-corrected chi connectivity index (χ4v) is 3.13.